The Bertz CT molecular complexity index is 576. The predicted octanol–water partition coefficient (Wildman–Crippen LogP) is 2.21. The second-order valence-corrected chi connectivity index (χ2v) is 4.75. The first-order valence-corrected chi connectivity index (χ1v) is 6.34. The average Bonchev–Trinajstić information content (AvgIpc) is 2.84. The number of aromatic nitrogens is 2. The lowest BCUT2D eigenvalue weighted by atomic mass is 10.1. The number of carbonyl (C=O) groups excluding carboxylic acids is 1. The van der Waals surface area contributed by atoms with Crippen LogP contribution in [0.15, 0.2) is 10.5 Å². The van der Waals surface area contributed by atoms with Crippen LogP contribution in [0.4, 0.5) is 0 Å². The van der Waals surface area contributed by atoms with Crippen LogP contribution in [-0.4, -0.2) is 22.6 Å². The summed E-state index contributed by atoms with van der Waals surface area (Å²) in [5.41, 5.74) is 3.82. The molecule has 0 bridgehead atoms. The van der Waals surface area contributed by atoms with Crippen LogP contribution in [0.3, 0.4) is 0 Å². The van der Waals surface area contributed by atoms with E-state index in [4.69, 9.17) is 4.42 Å². The first-order valence-electron chi connectivity index (χ1n) is 6.34. The molecule has 0 atom stereocenters. The number of H-pyrrole nitrogens is 1. The molecule has 102 valence electrons. The lowest BCUT2D eigenvalue weighted by molar-refractivity contribution is 0.0952. The monoisotopic (exact) mass is 261 g/mol. The Morgan fingerprint density at radius 3 is 2.63 bits per heavy atom. The van der Waals surface area contributed by atoms with Crippen molar-refractivity contribution in [2.45, 2.75) is 34.1 Å². The van der Waals surface area contributed by atoms with E-state index in [0.29, 0.717) is 17.9 Å². The largest absolute Gasteiger partial charge is 0.466 e. The van der Waals surface area contributed by atoms with E-state index in [1.165, 1.54) is 5.56 Å². The summed E-state index contributed by atoms with van der Waals surface area (Å²) in [7, 11) is 0. The maximum absolute atomic E-state index is 12.0. The Hall–Kier alpha value is -2.04. The Balaban J connectivity index is 1.93. The second kappa shape index (κ2) is 5.30. The molecule has 0 aliphatic heterocycles. The number of furan rings is 1. The van der Waals surface area contributed by atoms with Gasteiger partial charge in [-0.2, -0.15) is 5.10 Å². The fourth-order valence-corrected chi connectivity index (χ4v) is 2.19. The molecule has 5 nitrogen and oxygen atoms in total. The highest BCUT2D eigenvalue weighted by Crippen LogP contribution is 2.13. The van der Waals surface area contributed by atoms with Crippen molar-refractivity contribution in [3.63, 3.8) is 0 Å². The summed E-state index contributed by atoms with van der Waals surface area (Å²) in [6.45, 7) is 8.17. The number of nitrogens with zero attached hydrogens (tertiary/aromatic N) is 1. The lowest BCUT2D eigenvalue weighted by Crippen LogP contribution is -2.26. The summed E-state index contributed by atoms with van der Waals surface area (Å²) in [5, 5.41) is 9.98. The number of hydrogen-bond donors (Lipinski definition) is 2. The van der Waals surface area contributed by atoms with Crippen molar-refractivity contribution in [3.8, 4) is 0 Å². The van der Waals surface area contributed by atoms with Crippen molar-refractivity contribution in [1.82, 2.24) is 15.5 Å². The molecule has 2 heterocycles. The van der Waals surface area contributed by atoms with E-state index < -0.39 is 0 Å². The Labute approximate surface area is 112 Å². The highest BCUT2D eigenvalue weighted by Gasteiger charge is 2.13. The van der Waals surface area contributed by atoms with Crippen molar-refractivity contribution >= 4 is 5.91 Å². The van der Waals surface area contributed by atoms with Crippen molar-refractivity contribution in [2.24, 2.45) is 0 Å². The van der Waals surface area contributed by atoms with Crippen molar-refractivity contribution in [1.29, 1.82) is 0 Å². The maximum atomic E-state index is 12.0. The van der Waals surface area contributed by atoms with E-state index in [1.807, 2.05) is 20.8 Å². The minimum atomic E-state index is -0.0897. The molecule has 2 aromatic rings. The van der Waals surface area contributed by atoms with Crippen molar-refractivity contribution in [3.05, 3.63) is 40.1 Å². The Morgan fingerprint density at radius 2 is 2.11 bits per heavy atom. The highest BCUT2D eigenvalue weighted by molar-refractivity contribution is 5.95. The van der Waals surface area contributed by atoms with Gasteiger partial charge in [-0.05, 0) is 45.7 Å². The van der Waals surface area contributed by atoms with Crippen LogP contribution in [-0.2, 0) is 6.42 Å². The molecule has 0 radical (unpaired) electrons. The van der Waals surface area contributed by atoms with Gasteiger partial charge in [-0.25, -0.2) is 0 Å². The fourth-order valence-electron chi connectivity index (χ4n) is 2.19. The van der Waals surface area contributed by atoms with Gasteiger partial charge in [-0.3, -0.25) is 9.89 Å². The second-order valence-electron chi connectivity index (χ2n) is 4.75. The van der Waals surface area contributed by atoms with Gasteiger partial charge in [0.1, 0.15) is 11.5 Å². The average molecular weight is 261 g/mol. The first kappa shape index (κ1) is 13.4. The molecule has 2 N–H and O–H groups in total. The Morgan fingerprint density at radius 1 is 1.37 bits per heavy atom. The molecule has 0 unspecified atom stereocenters. The Kier molecular flexibility index (Phi) is 3.74. The SMILES string of the molecule is Cc1cc(C(=O)NCCc2c(C)n[nH]c2C)c(C)o1. The van der Waals surface area contributed by atoms with Gasteiger partial charge in [0.05, 0.1) is 11.3 Å². The quantitative estimate of drug-likeness (QED) is 0.886. The molecule has 0 aromatic carbocycles. The fraction of sp³-hybridized carbons (Fsp3) is 0.429. The van der Waals surface area contributed by atoms with Gasteiger partial charge in [0.15, 0.2) is 0 Å². The third-order valence-electron chi connectivity index (χ3n) is 3.23. The van der Waals surface area contributed by atoms with Gasteiger partial charge in [0.25, 0.3) is 5.91 Å². The summed E-state index contributed by atoms with van der Waals surface area (Å²) >= 11 is 0. The molecule has 0 spiro atoms. The van der Waals surface area contributed by atoms with E-state index in [-0.39, 0.29) is 5.91 Å². The molecule has 0 saturated carbocycles. The lowest BCUT2D eigenvalue weighted by Gasteiger charge is -2.04. The van der Waals surface area contributed by atoms with Gasteiger partial charge in [-0.15, -0.1) is 0 Å². The van der Waals surface area contributed by atoms with Crippen LogP contribution in [0.5, 0.6) is 0 Å². The van der Waals surface area contributed by atoms with Gasteiger partial charge >= 0.3 is 0 Å². The van der Waals surface area contributed by atoms with E-state index >= 15 is 0 Å². The van der Waals surface area contributed by atoms with Crippen LogP contribution in [0.25, 0.3) is 0 Å². The zero-order chi connectivity index (χ0) is 14.0. The van der Waals surface area contributed by atoms with Gasteiger partial charge in [0.2, 0.25) is 0 Å². The van der Waals surface area contributed by atoms with Crippen LogP contribution in [0, 0.1) is 27.7 Å². The third kappa shape index (κ3) is 2.86. The van der Waals surface area contributed by atoms with E-state index in [9.17, 15) is 4.79 Å². The summed E-state index contributed by atoms with van der Waals surface area (Å²) < 4.78 is 5.35. The molecule has 0 saturated heterocycles. The normalized spacial score (nSPS) is 10.7. The molecule has 0 aliphatic rings. The van der Waals surface area contributed by atoms with E-state index in [0.717, 1.165) is 23.6 Å². The van der Waals surface area contributed by atoms with Crippen LogP contribution >= 0.6 is 0 Å². The van der Waals surface area contributed by atoms with Gasteiger partial charge < -0.3 is 9.73 Å². The molecule has 0 fully saturated rings. The highest BCUT2D eigenvalue weighted by atomic mass is 16.3. The molecule has 2 rings (SSSR count). The molecule has 19 heavy (non-hydrogen) atoms. The number of carbonyl (C=O) groups is 1. The summed E-state index contributed by atoms with van der Waals surface area (Å²) in [6, 6.07) is 1.76. The zero-order valence-corrected chi connectivity index (χ0v) is 11.8. The van der Waals surface area contributed by atoms with Crippen molar-refractivity contribution in [2.75, 3.05) is 6.54 Å². The molecule has 5 heteroatoms. The summed E-state index contributed by atoms with van der Waals surface area (Å²) in [4.78, 5) is 12.0. The number of aryl methyl sites for hydroxylation is 4. The smallest absolute Gasteiger partial charge is 0.254 e. The molecule has 0 aliphatic carbocycles. The number of hydrogen-bond acceptors (Lipinski definition) is 3. The van der Waals surface area contributed by atoms with Gasteiger partial charge in [0, 0.05) is 12.2 Å². The van der Waals surface area contributed by atoms with Crippen LogP contribution in [0.1, 0.15) is 38.8 Å². The predicted molar refractivity (Wildman–Crippen MR) is 72.3 cm³/mol. The first-order chi connectivity index (χ1) is 8.99. The molecule has 2 aromatic heterocycles. The number of amides is 1. The number of aromatic amines is 1. The topological polar surface area (TPSA) is 70.9 Å². The van der Waals surface area contributed by atoms with E-state index in [2.05, 4.69) is 15.5 Å². The summed E-state index contributed by atoms with van der Waals surface area (Å²) in [5.74, 6) is 1.32. The minimum absolute atomic E-state index is 0.0897. The maximum Gasteiger partial charge on any atom is 0.254 e. The van der Waals surface area contributed by atoms with Crippen molar-refractivity contribution < 1.29 is 9.21 Å². The molecular formula is C14H19N3O2. The number of nitrogens with one attached hydrogen (secondary N) is 2. The molecule has 1 amide bonds. The molecular weight excluding hydrogens is 242 g/mol. The number of rotatable bonds is 4. The van der Waals surface area contributed by atoms with Gasteiger partial charge in [-0.1, -0.05) is 0 Å². The van der Waals surface area contributed by atoms with Crippen LogP contribution < -0.4 is 5.32 Å². The standard InChI is InChI=1S/C14H19N3O2/c1-8-7-13(11(4)19-8)14(18)15-6-5-12-9(2)16-17-10(12)3/h7H,5-6H2,1-4H3,(H,15,18)(H,16,17). The minimum Gasteiger partial charge on any atom is -0.466 e. The van der Waals surface area contributed by atoms with E-state index in [1.54, 1.807) is 13.0 Å². The zero-order valence-electron chi connectivity index (χ0n) is 11.8. The summed E-state index contributed by atoms with van der Waals surface area (Å²) in [6.07, 6.45) is 0.774. The van der Waals surface area contributed by atoms with Crippen LogP contribution in [0.2, 0.25) is 0 Å². The third-order valence-corrected chi connectivity index (χ3v) is 3.23.